The van der Waals surface area contributed by atoms with Crippen LogP contribution in [-0.4, -0.2) is 90.9 Å². The molecule has 8 nitrogen and oxygen atoms in total. The van der Waals surface area contributed by atoms with Crippen molar-refractivity contribution in [3.8, 4) is 0 Å². The number of morpholine rings is 1. The normalized spacial score (nSPS) is 19.7. The van der Waals surface area contributed by atoms with Gasteiger partial charge in [-0.1, -0.05) is 26.7 Å². The van der Waals surface area contributed by atoms with Crippen molar-refractivity contribution in [3.63, 3.8) is 0 Å². The average Bonchev–Trinajstić information content (AvgIpc) is 2.77. The zero-order valence-corrected chi connectivity index (χ0v) is 17.2. The molecular weight excluding hydrogens is 356 g/mol. The standard InChI is InChI=1S/C20H34N6O2/c1-3-17(4-2)18(24-12-14-28-15-13-24)16-23-20(27)26-10-8-25(9-11-26)19-21-6-5-7-22-19/h5-7,17-18H,3-4,8-16H2,1-2H3,(H,23,27). The largest absolute Gasteiger partial charge is 0.379 e. The minimum Gasteiger partial charge on any atom is -0.379 e. The molecule has 1 aromatic heterocycles. The molecule has 0 aliphatic carbocycles. The van der Waals surface area contributed by atoms with Gasteiger partial charge in [0.15, 0.2) is 0 Å². The Bertz CT molecular complexity index is 584. The molecule has 3 heterocycles. The number of nitrogens with zero attached hydrogens (tertiary/aromatic N) is 5. The maximum absolute atomic E-state index is 12.7. The SMILES string of the molecule is CCC(CC)C(CNC(=O)N1CCN(c2ncccn2)CC1)N1CCOCC1. The first-order valence-corrected chi connectivity index (χ1v) is 10.6. The molecule has 1 atom stereocenters. The smallest absolute Gasteiger partial charge is 0.317 e. The maximum atomic E-state index is 12.7. The van der Waals surface area contributed by atoms with E-state index in [-0.39, 0.29) is 6.03 Å². The zero-order chi connectivity index (χ0) is 19.8. The number of anilines is 1. The number of piperazine rings is 1. The van der Waals surface area contributed by atoms with Crippen LogP contribution >= 0.6 is 0 Å². The molecule has 0 bridgehead atoms. The lowest BCUT2D eigenvalue weighted by atomic mass is 9.92. The average molecular weight is 391 g/mol. The van der Waals surface area contributed by atoms with E-state index >= 15 is 0 Å². The summed E-state index contributed by atoms with van der Waals surface area (Å²) in [6.45, 7) is 11.6. The Labute approximate surface area is 168 Å². The number of hydrogen-bond acceptors (Lipinski definition) is 6. The van der Waals surface area contributed by atoms with Crippen LogP contribution in [0.5, 0.6) is 0 Å². The number of hydrogen-bond donors (Lipinski definition) is 1. The molecule has 0 radical (unpaired) electrons. The van der Waals surface area contributed by atoms with Gasteiger partial charge in [0.2, 0.25) is 5.95 Å². The topological polar surface area (TPSA) is 73.8 Å². The second-order valence-corrected chi connectivity index (χ2v) is 7.50. The summed E-state index contributed by atoms with van der Waals surface area (Å²) in [5.74, 6) is 1.33. The molecule has 2 saturated heterocycles. The third-order valence-corrected chi connectivity index (χ3v) is 5.97. The maximum Gasteiger partial charge on any atom is 0.317 e. The van der Waals surface area contributed by atoms with Crippen molar-refractivity contribution in [2.24, 2.45) is 5.92 Å². The van der Waals surface area contributed by atoms with E-state index in [0.717, 1.165) is 58.2 Å². The fourth-order valence-corrected chi connectivity index (χ4v) is 4.20. The van der Waals surface area contributed by atoms with Crippen LogP contribution in [0.4, 0.5) is 10.7 Å². The summed E-state index contributed by atoms with van der Waals surface area (Å²) in [6, 6.07) is 2.23. The molecule has 28 heavy (non-hydrogen) atoms. The molecule has 1 unspecified atom stereocenters. The number of aromatic nitrogens is 2. The van der Waals surface area contributed by atoms with Crippen molar-refractivity contribution in [2.75, 3.05) is 63.9 Å². The van der Waals surface area contributed by atoms with Gasteiger partial charge >= 0.3 is 6.03 Å². The van der Waals surface area contributed by atoms with Crippen LogP contribution in [0.1, 0.15) is 26.7 Å². The zero-order valence-electron chi connectivity index (χ0n) is 17.2. The van der Waals surface area contributed by atoms with E-state index in [2.05, 4.69) is 38.9 Å². The molecule has 1 N–H and O–H groups in total. The fraction of sp³-hybridized carbons (Fsp3) is 0.750. The van der Waals surface area contributed by atoms with E-state index in [9.17, 15) is 4.79 Å². The summed E-state index contributed by atoms with van der Waals surface area (Å²) in [5, 5.41) is 3.21. The third-order valence-electron chi connectivity index (χ3n) is 5.97. The molecule has 1 aromatic rings. The number of urea groups is 1. The molecule has 156 valence electrons. The van der Waals surface area contributed by atoms with Gasteiger partial charge in [0.25, 0.3) is 0 Å². The summed E-state index contributed by atoms with van der Waals surface area (Å²) in [4.78, 5) is 27.9. The van der Waals surface area contributed by atoms with Crippen molar-refractivity contribution in [1.29, 1.82) is 0 Å². The molecular formula is C20H34N6O2. The summed E-state index contributed by atoms with van der Waals surface area (Å²) >= 11 is 0. The van der Waals surface area contributed by atoms with Gasteiger partial charge in [-0.3, -0.25) is 4.90 Å². The van der Waals surface area contributed by atoms with Gasteiger partial charge in [-0.05, 0) is 12.0 Å². The van der Waals surface area contributed by atoms with E-state index in [1.165, 1.54) is 0 Å². The van der Waals surface area contributed by atoms with Gasteiger partial charge in [0.1, 0.15) is 0 Å². The summed E-state index contributed by atoms with van der Waals surface area (Å²) in [5.41, 5.74) is 0. The fourth-order valence-electron chi connectivity index (χ4n) is 4.20. The number of carbonyl (C=O) groups is 1. The molecule has 0 saturated carbocycles. The van der Waals surface area contributed by atoms with Crippen LogP contribution in [0.3, 0.4) is 0 Å². The van der Waals surface area contributed by atoms with Crippen LogP contribution in [0.15, 0.2) is 18.5 Å². The Kier molecular flexibility index (Phi) is 7.85. The monoisotopic (exact) mass is 390 g/mol. The Morgan fingerprint density at radius 3 is 2.32 bits per heavy atom. The lowest BCUT2D eigenvalue weighted by molar-refractivity contribution is 0.00210. The summed E-state index contributed by atoms with van der Waals surface area (Å²) < 4.78 is 5.51. The van der Waals surface area contributed by atoms with E-state index in [0.29, 0.717) is 31.6 Å². The highest BCUT2D eigenvalue weighted by Gasteiger charge is 2.28. The molecule has 2 amide bonds. The van der Waals surface area contributed by atoms with E-state index in [4.69, 9.17) is 4.74 Å². The van der Waals surface area contributed by atoms with E-state index in [1.807, 2.05) is 11.0 Å². The lowest BCUT2D eigenvalue weighted by Crippen LogP contribution is -2.56. The van der Waals surface area contributed by atoms with Crippen molar-refractivity contribution in [3.05, 3.63) is 18.5 Å². The number of amides is 2. The van der Waals surface area contributed by atoms with Gasteiger partial charge in [0.05, 0.1) is 13.2 Å². The molecule has 8 heteroatoms. The number of rotatable bonds is 7. The second kappa shape index (κ2) is 10.6. The highest BCUT2D eigenvalue weighted by Crippen LogP contribution is 2.20. The van der Waals surface area contributed by atoms with E-state index in [1.54, 1.807) is 12.4 Å². The highest BCUT2D eigenvalue weighted by atomic mass is 16.5. The molecule has 2 aliphatic heterocycles. The Balaban J connectivity index is 1.50. The second-order valence-electron chi connectivity index (χ2n) is 7.50. The minimum absolute atomic E-state index is 0.0397. The number of carbonyl (C=O) groups excluding carboxylic acids is 1. The van der Waals surface area contributed by atoms with Crippen molar-refractivity contribution in [1.82, 2.24) is 25.1 Å². The Morgan fingerprint density at radius 1 is 1.07 bits per heavy atom. The molecule has 0 aromatic carbocycles. The quantitative estimate of drug-likeness (QED) is 0.760. The summed E-state index contributed by atoms with van der Waals surface area (Å²) in [7, 11) is 0. The van der Waals surface area contributed by atoms with Crippen molar-refractivity contribution >= 4 is 12.0 Å². The van der Waals surface area contributed by atoms with Gasteiger partial charge < -0.3 is 19.9 Å². The third kappa shape index (κ3) is 5.32. The van der Waals surface area contributed by atoms with Gasteiger partial charge in [0, 0.05) is 64.2 Å². The predicted octanol–water partition coefficient (Wildman–Crippen LogP) is 1.45. The first-order chi connectivity index (χ1) is 13.7. The first-order valence-electron chi connectivity index (χ1n) is 10.6. The number of ether oxygens (including phenoxy) is 1. The first kappa shape index (κ1) is 20.8. The number of nitrogens with one attached hydrogen (secondary N) is 1. The molecule has 2 fully saturated rings. The van der Waals surface area contributed by atoms with Crippen LogP contribution in [0.2, 0.25) is 0 Å². The van der Waals surface area contributed by atoms with Crippen LogP contribution in [-0.2, 0) is 4.74 Å². The van der Waals surface area contributed by atoms with Gasteiger partial charge in [-0.25, -0.2) is 14.8 Å². The van der Waals surface area contributed by atoms with Gasteiger partial charge in [-0.2, -0.15) is 0 Å². The predicted molar refractivity (Wildman–Crippen MR) is 109 cm³/mol. The van der Waals surface area contributed by atoms with Gasteiger partial charge in [-0.15, -0.1) is 0 Å². The summed E-state index contributed by atoms with van der Waals surface area (Å²) in [6.07, 6.45) is 5.77. The van der Waals surface area contributed by atoms with Crippen molar-refractivity contribution in [2.45, 2.75) is 32.7 Å². The van der Waals surface area contributed by atoms with Crippen molar-refractivity contribution < 1.29 is 9.53 Å². The Morgan fingerprint density at radius 2 is 1.71 bits per heavy atom. The molecule has 3 rings (SSSR count). The lowest BCUT2D eigenvalue weighted by Gasteiger charge is -2.39. The minimum atomic E-state index is 0.0397. The van der Waals surface area contributed by atoms with Crippen LogP contribution < -0.4 is 10.2 Å². The molecule has 2 aliphatic rings. The van der Waals surface area contributed by atoms with E-state index < -0.39 is 0 Å². The molecule has 0 spiro atoms. The van der Waals surface area contributed by atoms with Crippen LogP contribution in [0.25, 0.3) is 0 Å². The van der Waals surface area contributed by atoms with Crippen LogP contribution in [0, 0.1) is 5.92 Å². The highest BCUT2D eigenvalue weighted by molar-refractivity contribution is 5.74. The Hall–Kier alpha value is -1.93.